The minimum atomic E-state index is -0.287. The van der Waals surface area contributed by atoms with E-state index in [9.17, 15) is 9.18 Å². The van der Waals surface area contributed by atoms with E-state index in [1.54, 1.807) is 25.3 Å². The number of nitrogens with zero attached hydrogens (tertiary/aromatic N) is 5. The first-order chi connectivity index (χ1) is 14.9. The first-order valence-electron chi connectivity index (χ1n) is 10.5. The van der Waals surface area contributed by atoms with Crippen LogP contribution in [0.1, 0.15) is 36.5 Å². The molecule has 3 rings (SSSR count). The summed E-state index contributed by atoms with van der Waals surface area (Å²) in [6.07, 6.45) is 0.397. The van der Waals surface area contributed by atoms with Crippen LogP contribution in [0.5, 0.6) is 0 Å². The Morgan fingerprint density at radius 3 is 2.55 bits per heavy atom. The van der Waals surface area contributed by atoms with Crippen LogP contribution in [0.15, 0.2) is 24.3 Å². The molecule has 0 atom stereocenters. The predicted molar refractivity (Wildman–Crippen MR) is 115 cm³/mol. The van der Waals surface area contributed by atoms with Gasteiger partial charge in [-0.3, -0.25) is 4.79 Å². The molecule has 1 amide bonds. The fourth-order valence-electron chi connectivity index (χ4n) is 3.75. The van der Waals surface area contributed by atoms with Gasteiger partial charge in [-0.05, 0) is 11.6 Å². The van der Waals surface area contributed by atoms with E-state index in [1.807, 2.05) is 18.7 Å². The largest absolute Gasteiger partial charge is 0.378 e. The third-order valence-electron chi connectivity index (χ3n) is 5.35. The smallest absolute Gasteiger partial charge is 0.225 e. The second kappa shape index (κ2) is 10.3. The maximum absolute atomic E-state index is 14.4. The first-order valence-corrected chi connectivity index (χ1v) is 10.5. The van der Waals surface area contributed by atoms with Gasteiger partial charge in [0.25, 0.3) is 0 Å². The molecule has 2 aromatic rings. The van der Waals surface area contributed by atoms with Gasteiger partial charge >= 0.3 is 0 Å². The number of rotatable bonds is 7. The van der Waals surface area contributed by atoms with E-state index >= 15 is 0 Å². The van der Waals surface area contributed by atoms with Gasteiger partial charge in [-0.25, -0.2) is 14.4 Å². The highest BCUT2D eigenvalue weighted by Gasteiger charge is 2.27. The van der Waals surface area contributed by atoms with Crippen LogP contribution in [0.3, 0.4) is 0 Å². The number of hydrogen-bond acceptors (Lipinski definition) is 6. The molecule has 7 nitrogen and oxygen atoms in total. The van der Waals surface area contributed by atoms with E-state index in [2.05, 4.69) is 20.9 Å². The van der Waals surface area contributed by atoms with Crippen LogP contribution in [0, 0.1) is 23.1 Å². The number of amides is 1. The molecule has 0 spiro atoms. The molecule has 0 saturated carbocycles. The summed E-state index contributed by atoms with van der Waals surface area (Å²) < 4.78 is 19.8. The number of benzene rings is 1. The summed E-state index contributed by atoms with van der Waals surface area (Å²) >= 11 is 0. The number of carbonyl (C=O) groups is 1. The Morgan fingerprint density at radius 1 is 1.23 bits per heavy atom. The molecule has 1 aliphatic heterocycles. The summed E-state index contributed by atoms with van der Waals surface area (Å²) in [5, 5.41) is 9.16. The quantitative estimate of drug-likeness (QED) is 0.678. The second-order valence-electron chi connectivity index (χ2n) is 7.89. The van der Waals surface area contributed by atoms with Crippen molar-refractivity contribution in [3.05, 3.63) is 52.7 Å². The van der Waals surface area contributed by atoms with Gasteiger partial charge in [0.1, 0.15) is 17.5 Å². The van der Waals surface area contributed by atoms with Crippen molar-refractivity contribution in [3.63, 3.8) is 0 Å². The molecule has 0 radical (unpaired) electrons. The van der Waals surface area contributed by atoms with Crippen molar-refractivity contribution in [2.45, 2.75) is 33.3 Å². The Bertz CT molecular complexity index is 965. The van der Waals surface area contributed by atoms with Crippen LogP contribution >= 0.6 is 0 Å². The monoisotopic (exact) mass is 425 g/mol. The molecular weight excluding hydrogens is 397 g/mol. The molecule has 0 N–H and O–H groups in total. The number of ether oxygens (including phenoxy) is 1. The molecule has 164 valence electrons. The first kappa shape index (κ1) is 22.6. The fourth-order valence-corrected chi connectivity index (χ4v) is 3.75. The average Bonchev–Trinajstić information content (AvgIpc) is 2.76. The second-order valence-corrected chi connectivity index (χ2v) is 7.89. The normalized spacial score (nSPS) is 14.1. The van der Waals surface area contributed by atoms with E-state index in [-0.39, 0.29) is 30.7 Å². The van der Waals surface area contributed by atoms with Crippen molar-refractivity contribution >= 4 is 11.7 Å². The van der Waals surface area contributed by atoms with E-state index < -0.39 is 0 Å². The number of halogens is 1. The predicted octanol–water partition coefficient (Wildman–Crippen LogP) is 2.72. The number of hydrogen-bond donors (Lipinski definition) is 0. The molecule has 1 saturated heterocycles. The van der Waals surface area contributed by atoms with Crippen molar-refractivity contribution in [1.82, 2.24) is 14.9 Å². The summed E-state index contributed by atoms with van der Waals surface area (Å²) in [5.41, 5.74) is 1.99. The van der Waals surface area contributed by atoms with Crippen molar-refractivity contribution in [2.75, 3.05) is 38.2 Å². The van der Waals surface area contributed by atoms with Crippen molar-refractivity contribution in [3.8, 4) is 6.07 Å². The average molecular weight is 426 g/mol. The minimum Gasteiger partial charge on any atom is -0.378 e. The summed E-state index contributed by atoms with van der Waals surface area (Å²) in [6.45, 7) is 6.44. The van der Waals surface area contributed by atoms with Gasteiger partial charge in [-0.15, -0.1) is 0 Å². The molecule has 0 bridgehead atoms. The SMILES string of the molecule is COCc1nc(CC#N)nc(N2CCN(C(=O)C(C)C)CC2)c1Cc1ccccc1F. The summed E-state index contributed by atoms with van der Waals surface area (Å²) in [5.74, 6) is 0.914. The number of nitriles is 1. The Labute approximate surface area is 182 Å². The van der Waals surface area contributed by atoms with Gasteiger partial charge in [-0.1, -0.05) is 32.0 Å². The van der Waals surface area contributed by atoms with Crippen LogP contribution < -0.4 is 4.90 Å². The topological polar surface area (TPSA) is 82.3 Å². The summed E-state index contributed by atoms with van der Waals surface area (Å²) in [4.78, 5) is 25.5. The van der Waals surface area contributed by atoms with Crippen molar-refractivity contribution in [1.29, 1.82) is 5.26 Å². The van der Waals surface area contributed by atoms with Gasteiger partial charge in [0.05, 0.1) is 24.8 Å². The summed E-state index contributed by atoms with van der Waals surface area (Å²) in [6, 6.07) is 8.74. The number of piperazine rings is 1. The van der Waals surface area contributed by atoms with E-state index in [1.165, 1.54) is 6.07 Å². The van der Waals surface area contributed by atoms with Crippen LogP contribution in [0.4, 0.5) is 10.2 Å². The Hall–Kier alpha value is -3.05. The standard InChI is InChI=1S/C23H28FN5O2/c1-16(2)23(30)29-12-10-28(11-13-29)22-18(14-17-6-4-5-7-19(17)24)20(15-31-3)26-21(27-22)8-9-25/h4-7,16H,8,10-15H2,1-3H3. The maximum atomic E-state index is 14.4. The Kier molecular flexibility index (Phi) is 7.53. The number of aromatic nitrogens is 2. The fraction of sp³-hybridized carbons (Fsp3) is 0.478. The van der Waals surface area contributed by atoms with Crippen molar-refractivity contribution < 1.29 is 13.9 Å². The lowest BCUT2D eigenvalue weighted by Crippen LogP contribution is -2.50. The van der Waals surface area contributed by atoms with Crippen molar-refractivity contribution in [2.24, 2.45) is 5.92 Å². The molecule has 1 aromatic heterocycles. The van der Waals surface area contributed by atoms with Gasteiger partial charge in [0.15, 0.2) is 0 Å². The van der Waals surface area contributed by atoms with Crippen LogP contribution in [0.25, 0.3) is 0 Å². The number of anilines is 1. The minimum absolute atomic E-state index is 0.0437. The summed E-state index contributed by atoms with van der Waals surface area (Å²) in [7, 11) is 1.58. The van der Waals surface area contributed by atoms with Crippen LogP contribution in [0.2, 0.25) is 0 Å². The molecule has 0 aliphatic carbocycles. The maximum Gasteiger partial charge on any atom is 0.225 e. The van der Waals surface area contributed by atoms with Crippen LogP contribution in [-0.2, 0) is 29.0 Å². The number of carbonyl (C=O) groups excluding carboxylic acids is 1. The van der Waals surface area contributed by atoms with E-state index in [0.717, 1.165) is 5.56 Å². The third-order valence-corrected chi connectivity index (χ3v) is 5.35. The molecule has 1 aromatic carbocycles. The zero-order valence-corrected chi connectivity index (χ0v) is 18.3. The molecule has 0 unspecified atom stereocenters. The highest BCUT2D eigenvalue weighted by molar-refractivity contribution is 5.78. The zero-order chi connectivity index (χ0) is 22.4. The molecule has 1 fully saturated rings. The lowest BCUT2D eigenvalue weighted by atomic mass is 10.0. The van der Waals surface area contributed by atoms with Gasteiger partial charge in [0, 0.05) is 51.2 Å². The zero-order valence-electron chi connectivity index (χ0n) is 18.3. The van der Waals surface area contributed by atoms with Gasteiger partial charge in [0.2, 0.25) is 5.91 Å². The van der Waals surface area contributed by atoms with E-state index in [0.29, 0.717) is 55.5 Å². The lowest BCUT2D eigenvalue weighted by Gasteiger charge is -2.37. The molecule has 31 heavy (non-hydrogen) atoms. The highest BCUT2D eigenvalue weighted by atomic mass is 19.1. The number of methoxy groups -OCH3 is 1. The van der Waals surface area contributed by atoms with Crippen LogP contribution in [-0.4, -0.2) is 54.1 Å². The van der Waals surface area contributed by atoms with Gasteiger partial charge in [-0.2, -0.15) is 5.26 Å². The third kappa shape index (κ3) is 5.36. The lowest BCUT2D eigenvalue weighted by molar-refractivity contribution is -0.134. The highest BCUT2D eigenvalue weighted by Crippen LogP contribution is 2.27. The van der Waals surface area contributed by atoms with E-state index in [4.69, 9.17) is 10.00 Å². The molecule has 8 heteroatoms. The molecule has 2 heterocycles. The molecular formula is C23H28FN5O2. The van der Waals surface area contributed by atoms with Gasteiger partial charge < -0.3 is 14.5 Å². The Balaban J connectivity index is 1.98. The molecule has 1 aliphatic rings. The Morgan fingerprint density at radius 2 is 1.94 bits per heavy atom.